The standard InChI is InChI=1S/C8H9BrN2O2/c1-13-8(12)7-6(9)5-3-2-4-11(5)10-7/h2-4H2,1H3. The molecule has 70 valence electrons. The zero-order chi connectivity index (χ0) is 9.42. The number of hydrogen-bond acceptors (Lipinski definition) is 3. The van der Waals surface area contributed by atoms with E-state index in [0.29, 0.717) is 5.69 Å². The highest BCUT2D eigenvalue weighted by Crippen LogP contribution is 2.27. The van der Waals surface area contributed by atoms with E-state index in [4.69, 9.17) is 0 Å². The van der Waals surface area contributed by atoms with Crippen LogP contribution in [0.2, 0.25) is 0 Å². The van der Waals surface area contributed by atoms with Gasteiger partial charge in [-0.15, -0.1) is 0 Å². The molecule has 4 nitrogen and oxygen atoms in total. The number of carbonyl (C=O) groups excluding carboxylic acids is 1. The Morgan fingerprint density at radius 2 is 2.46 bits per heavy atom. The summed E-state index contributed by atoms with van der Waals surface area (Å²) < 4.78 is 7.26. The molecule has 5 heteroatoms. The maximum absolute atomic E-state index is 11.2. The number of rotatable bonds is 1. The van der Waals surface area contributed by atoms with Crippen LogP contribution in [0.5, 0.6) is 0 Å². The topological polar surface area (TPSA) is 44.1 Å². The van der Waals surface area contributed by atoms with Gasteiger partial charge in [0.05, 0.1) is 17.3 Å². The van der Waals surface area contributed by atoms with E-state index >= 15 is 0 Å². The van der Waals surface area contributed by atoms with Crippen molar-refractivity contribution in [3.05, 3.63) is 15.9 Å². The third-order valence-corrected chi connectivity index (χ3v) is 2.99. The molecule has 1 aliphatic heterocycles. The molecular formula is C8H9BrN2O2. The van der Waals surface area contributed by atoms with E-state index in [2.05, 4.69) is 25.8 Å². The lowest BCUT2D eigenvalue weighted by Crippen LogP contribution is -2.04. The summed E-state index contributed by atoms with van der Waals surface area (Å²) in [6, 6.07) is 0. The number of nitrogens with zero attached hydrogens (tertiary/aromatic N) is 2. The summed E-state index contributed by atoms with van der Waals surface area (Å²) in [5.74, 6) is -0.381. The zero-order valence-corrected chi connectivity index (χ0v) is 8.80. The average Bonchev–Trinajstić information content (AvgIpc) is 2.68. The fraction of sp³-hybridized carbons (Fsp3) is 0.500. The van der Waals surface area contributed by atoms with E-state index in [9.17, 15) is 4.79 Å². The van der Waals surface area contributed by atoms with Gasteiger partial charge in [0, 0.05) is 6.54 Å². The van der Waals surface area contributed by atoms with Gasteiger partial charge in [-0.25, -0.2) is 4.79 Å². The second-order valence-electron chi connectivity index (χ2n) is 2.93. The van der Waals surface area contributed by atoms with Crippen LogP contribution < -0.4 is 0 Å². The molecule has 0 fully saturated rings. The van der Waals surface area contributed by atoms with E-state index in [0.717, 1.165) is 29.6 Å². The van der Waals surface area contributed by atoms with Crippen molar-refractivity contribution >= 4 is 21.9 Å². The molecule has 2 rings (SSSR count). The number of aryl methyl sites for hydroxylation is 1. The Morgan fingerprint density at radius 1 is 1.69 bits per heavy atom. The van der Waals surface area contributed by atoms with Crippen molar-refractivity contribution in [1.29, 1.82) is 0 Å². The molecule has 0 amide bonds. The molecule has 0 atom stereocenters. The molecule has 0 N–H and O–H groups in total. The molecule has 0 radical (unpaired) electrons. The molecule has 1 aromatic rings. The smallest absolute Gasteiger partial charge is 0.359 e. The van der Waals surface area contributed by atoms with Gasteiger partial charge < -0.3 is 4.74 Å². The third kappa shape index (κ3) is 1.27. The molecule has 0 saturated carbocycles. The molecule has 0 bridgehead atoms. The molecule has 2 heterocycles. The van der Waals surface area contributed by atoms with Crippen molar-refractivity contribution in [2.24, 2.45) is 0 Å². The van der Waals surface area contributed by atoms with Crippen LogP contribution in [0.1, 0.15) is 22.6 Å². The summed E-state index contributed by atoms with van der Waals surface area (Å²) in [6.45, 7) is 0.894. The largest absolute Gasteiger partial charge is 0.464 e. The minimum absolute atomic E-state index is 0.381. The first-order valence-corrected chi connectivity index (χ1v) is 4.87. The summed E-state index contributed by atoms with van der Waals surface area (Å²) in [4.78, 5) is 11.2. The first kappa shape index (κ1) is 8.74. The lowest BCUT2D eigenvalue weighted by molar-refractivity contribution is 0.0592. The van der Waals surface area contributed by atoms with Crippen LogP contribution in [0.15, 0.2) is 4.47 Å². The SMILES string of the molecule is COC(=O)c1nn2c(c1Br)CCC2. The Labute approximate surface area is 84.0 Å². The quantitative estimate of drug-likeness (QED) is 0.702. The number of hydrogen-bond donors (Lipinski definition) is 0. The van der Waals surface area contributed by atoms with E-state index in [1.165, 1.54) is 7.11 Å². The van der Waals surface area contributed by atoms with E-state index in [1.807, 2.05) is 4.68 Å². The Morgan fingerprint density at radius 3 is 3.08 bits per heavy atom. The highest BCUT2D eigenvalue weighted by atomic mass is 79.9. The maximum Gasteiger partial charge on any atom is 0.359 e. The number of fused-ring (bicyclic) bond motifs is 1. The van der Waals surface area contributed by atoms with Crippen molar-refractivity contribution in [1.82, 2.24) is 9.78 Å². The molecular weight excluding hydrogens is 236 g/mol. The first-order chi connectivity index (χ1) is 6.24. The van der Waals surface area contributed by atoms with Gasteiger partial charge in [0.25, 0.3) is 0 Å². The lowest BCUT2D eigenvalue weighted by Gasteiger charge is -1.94. The molecule has 0 saturated heterocycles. The normalized spacial score (nSPS) is 14.3. The fourth-order valence-electron chi connectivity index (χ4n) is 1.52. The molecule has 13 heavy (non-hydrogen) atoms. The van der Waals surface area contributed by atoms with Crippen LogP contribution in [0.4, 0.5) is 0 Å². The Kier molecular flexibility index (Phi) is 2.11. The van der Waals surface area contributed by atoms with E-state index in [1.54, 1.807) is 0 Å². The minimum Gasteiger partial charge on any atom is -0.464 e. The predicted molar refractivity (Wildman–Crippen MR) is 49.6 cm³/mol. The van der Waals surface area contributed by atoms with Crippen molar-refractivity contribution in [3.8, 4) is 0 Å². The van der Waals surface area contributed by atoms with Gasteiger partial charge in [0.15, 0.2) is 5.69 Å². The first-order valence-electron chi connectivity index (χ1n) is 4.07. The molecule has 1 aromatic heterocycles. The summed E-state index contributed by atoms with van der Waals surface area (Å²) in [5.41, 5.74) is 1.48. The van der Waals surface area contributed by atoms with E-state index < -0.39 is 0 Å². The molecule has 0 unspecified atom stereocenters. The highest BCUT2D eigenvalue weighted by molar-refractivity contribution is 9.10. The highest BCUT2D eigenvalue weighted by Gasteiger charge is 2.24. The van der Waals surface area contributed by atoms with Gasteiger partial charge in [-0.05, 0) is 28.8 Å². The number of aromatic nitrogens is 2. The van der Waals surface area contributed by atoms with Crippen molar-refractivity contribution in [2.45, 2.75) is 19.4 Å². The number of carbonyl (C=O) groups is 1. The second-order valence-corrected chi connectivity index (χ2v) is 3.72. The van der Waals surface area contributed by atoms with Gasteiger partial charge >= 0.3 is 5.97 Å². The molecule has 0 spiro atoms. The van der Waals surface area contributed by atoms with Crippen LogP contribution in [0, 0.1) is 0 Å². The summed E-state index contributed by atoms with van der Waals surface area (Å²) in [5, 5.41) is 4.16. The third-order valence-electron chi connectivity index (χ3n) is 2.16. The Bertz CT molecular complexity index is 359. The Balaban J connectivity index is 2.44. The summed E-state index contributed by atoms with van der Waals surface area (Å²) in [7, 11) is 1.36. The van der Waals surface area contributed by atoms with Gasteiger partial charge in [-0.2, -0.15) is 5.10 Å². The number of ether oxygens (including phenoxy) is 1. The van der Waals surface area contributed by atoms with Crippen LogP contribution >= 0.6 is 15.9 Å². The number of halogens is 1. The molecule has 0 aromatic carbocycles. The zero-order valence-electron chi connectivity index (χ0n) is 7.21. The molecule has 0 aliphatic carbocycles. The van der Waals surface area contributed by atoms with Gasteiger partial charge in [0.2, 0.25) is 0 Å². The van der Waals surface area contributed by atoms with Crippen molar-refractivity contribution < 1.29 is 9.53 Å². The van der Waals surface area contributed by atoms with Gasteiger partial charge in [0.1, 0.15) is 0 Å². The fourth-order valence-corrected chi connectivity index (χ4v) is 2.17. The Hall–Kier alpha value is -0.840. The minimum atomic E-state index is -0.381. The maximum atomic E-state index is 11.2. The monoisotopic (exact) mass is 244 g/mol. The summed E-state index contributed by atoms with van der Waals surface area (Å²) >= 11 is 3.36. The van der Waals surface area contributed by atoms with Gasteiger partial charge in [-0.3, -0.25) is 4.68 Å². The number of esters is 1. The van der Waals surface area contributed by atoms with Crippen LogP contribution in [0.3, 0.4) is 0 Å². The van der Waals surface area contributed by atoms with Crippen molar-refractivity contribution in [2.75, 3.05) is 7.11 Å². The molecule has 1 aliphatic rings. The van der Waals surface area contributed by atoms with Crippen LogP contribution in [0.25, 0.3) is 0 Å². The number of methoxy groups -OCH3 is 1. The van der Waals surface area contributed by atoms with Gasteiger partial charge in [-0.1, -0.05) is 0 Å². The average molecular weight is 245 g/mol. The predicted octanol–water partition coefficient (Wildman–Crippen LogP) is 1.38. The van der Waals surface area contributed by atoms with E-state index in [-0.39, 0.29) is 5.97 Å². The second kappa shape index (κ2) is 3.14. The van der Waals surface area contributed by atoms with Crippen LogP contribution in [-0.2, 0) is 17.7 Å². The lowest BCUT2D eigenvalue weighted by atomic mass is 10.3. The van der Waals surface area contributed by atoms with Crippen LogP contribution in [-0.4, -0.2) is 22.9 Å². The van der Waals surface area contributed by atoms with Crippen molar-refractivity contribution in [3.63, 3.8) is 0 Å². The summed E-state index contributed by atoms with van der Waals surface area (Å²) in [6.07, 6.45) is 2.08.